The zero-order valence-corrected chi connectivity index (χ0v) is 30.9. The fraction of sp³-hybridized carbons (Fsp3) is 0.208. The molecule has 254 valence electrons. The summed E-state index contributed by atoms with van der Waals surface area (Å²) in [5.74, 6) is 0. The monoisotopic (exact) mass is 674 g/mol. The van der Waals surface area contributed by atoms with Crippen LogP contribution in [0, 0.1) is 13.8 Å². The Balaban J connectivity index is 1.36. The first-order chi connectivity index (χ1) is 25.1. The maximum absolute atomic E-state index is 7.07. The average Bonchev–Trinajstić information content (AvgIpc) is 3.53. The van der Waals surface area contributed by atoms with E-state index in [1.165, 1.54) is 79.9 Å². The van der Waals surface area contributed by atoms with Crippen molar-refractivity contribution in [2.45, 2.75) is 65.2 Å². The first-order valence-corrected chi connectivity index (χ1v) is 18.8. The van der Waals surface area contributed by atoms with E-state index in [1.54, 1.807) is 0 Å². The van der Waals surface area contributed by atoms with Crippen LogP contribution in [0.5, 0.6) is 0 Å². The molecule has 0 bridgehead atoms. The number of fused-ring (bicyclic) bond motifs is 7. The molecule has 0 N–H and O–H groups in total. The number of rotatable bonds is 3. The van der Waals surface area contributed by atoms with E-state index in [0.717, 1.165) is 28.0 Å². The molecule has 3 nitrogen and oxygen atoms in total. The fourth-order valence-corrected chi connectivity index (χ4v) is 9.63. The lowest BCUT2D eigenvalue weighted by molar-refractivity contribution is 0.332. The van der Waals surface area contributed by atoms with Crippen molar-refractivity contribution in [2.75, 3.05) is 9.80 Å². The van der Waals surface area contributed by atoms with Crippen LogP contribution in [0.25, 0.3) is 22.1 Å². The third kappa shape index (κ3) is 4.40. The summed E-state index contributed by atoms with van der Waals surface area (Å²) in [4.78, 5) is 5.02. The zero-order chi connectivity index (χ0) is 35.5. The molecule has 0 amide bonds. The summed E-state index contributed by atoms with van der Waals surface area (Å²) in [5.41, 5.74) is 19.7. The molecule has 0 atom stereocenters. The Morgan fingerprint density at radius 1 is 0.577 bits per heavy atom. The van der Waals surface area contributed by atoms with Gasteiger partial charge in [-0.05, 0) is 136 Å². The van der Waals surface area contributed by atoms with Crippen molar-refractivity contribution in [1.82, 2.24) is 0 Å². The number of anilines is 6. The molecule has 0 saturated carbocycles. The van der Waals surface area contributed by atoms with Crippen molar-refractivity contribution < 1.29 is 4.42 Å². The molecule has 52 heavy (non-hydrogen) atoms. The van der Waals surface area contributed by atoms with Crippen LogP contribution in [0.4, 0.5) is 34.1 Å². The Bertz CT molecular complexity index is 2560. The van der Waals surface area contributed by atoms with E-state index in [-0.39, 0.29) is 17.5 Å². The molecule has 4 heteroatoms. The minimum Gasteiger partial charge on any atom is -0.468 e. The first kappa shape index (κ1) is 31.3. The molecule has 3 heterocycles. The van der Waals surface area contributed by atoms with Gasteiger partial charge in [0.1, 0.15) is 5.58 Å². The lowest BCUT2D eigenvalue weighted by atomic mass is 9.35. The van der Waals surface area contributed by atoms with Gasteiger partial charge in [-0.15, -0.1) is 0 Å². The molecule has 0 unspecified atom stereocenters. The highest BCUT2D eigenvalue weighted by Crippen LogP contribution is 2.51. The van der Waals surface area contributed by atoms with Crippen LogP contribution < -0.4 is 26.4 Å². The Kier molecular flexibility index (Phi) is 6.62. The van der Waals surface area contributed by atoms with Crippen LogP contribution in [-0.4, -0.2) is 6.71 Å². The lowest BCUT2D eigenvalue weighted by Crippen LogP contribution is -2.61. The normalized spacial score (nSPS) is 16.3. The predicted molar refractivity (Wildman–Crippen MR) is 220 cm³/mol. The SMILES string of the molecule is Cc1cccc(C)c1-c1cc2c3c(c1)N(c1ccc4c(c1)C(C)(C)CCC4(C)C)c1c(oc4ccccc14)B3c1ccccc1N2c1ccccc1. The molecule has 0 spiro atoms. The second-order valence-electron chi connectivity index (χ2n) is 16.5. The van der Waals surface area contributed by atoms with Gasteiger partial charge in [0.15, 0.2) is 0 Å². The molecule has 10 rings (SSSR count). The van der Waals surface area contributed by atoms with Crippen LogP contribution in [0.15, 0.2) is 132 Å². The van der Waals surface area contributed by atoms with Gasteiger partial charge < -0.3 is 14.2 Å². The van der Waals surface area contributed by atoms with Crippen molar-refractivity contribution in [1.29, 1.82) is 0 Å². The number of aryl methyl sites for hydroxylation is 2. The van der Waals surface area contributed by atoms with Gasteiger partial charge in [0, 0.05) is 33.8 Å². The standard InChI is InChI=1S/C48H43BN2O/c1-30-15-14-16-31(2)43(30)32-27-40-44-41(28-32)51(34-23-24-36-37(29-34)48(5,6)26-25-47(36,3)4)45-35-19-10-13-22-42(35)52-46(45)49(44)38-20-11-12-21-39(38)50(40)33-17-8-7-9-18-33/h7-24,27-29H,25-26H2,1-6H3. The van der Waals surface area contributed by atoms with Crippen molar-refractivity contribution in [3.8, 4) is 11.1 Å². The van der Waals surface area contributed by atoms with Gasteiger partial charge in [-0.2, -0.15) is 0 Å². The van der Waals surface area contributed by atoms with E-state index in [0.29, 0.717) is 0 Å². The summed E-state index contributed by atoms with van der Waals surface area (Å²) in [7, 11) is 0. The van der Waals surface area contributed by atoms with Crippen molar-refractivity contribution in [2.24, 2.45) is 0 Å². The maximum Gasteiger partial charge on any atom is 0.297 e. The van der Waals surface area contributed by atoms with E-state index in [2.05, 4.69) is 179 Å². The lowest BCUT2D eigenvalue weighted by Gasteiger charge is -2.44. The summed E-state index contributed by atoms with van der Waals surface area (Å²) < 4.78 is 7.07. The van der Waals surface area contributed by atoms with Crippen molar-refractivity contribution in [3.05, 3.63) is 150 Å². The number of hydrogen-bond acceptors (Lipinski definition) is 3. The summed E-state index contributed by atoms with van der Waals surface area (Å²) in [6, 6.07) is 47.3. The third-order valence-electron chi connectivity index (χ3n) is 12.4. The van der Waals surface area contributed by atoms with Crippen LogP contribution in [-0.2, 0) is 10.8 Å². The van der Waals surface area contributed by atoms with E-state index < -0.39 is 0 Å². The van der Waals surface area contributed by atoms with Crippen molar-refractivity contribution >= 4 is 68.4 Å². The van der Waals surface area contributed by atoms with E-state index >= 15 is 0 Å². The van der Waals surface area contributed by atoms with Gasteiger partial charge in [0.25, 0.3) is 6.71 Å². The number of hydrogen-bond donors (Lipinski definition) is 0. The average molecular weight is 675 g/mol. The molecule has 1 aliphatic carbocycles. The summed E-state index contributed by atoms with van der Waals surface area (Å²) in [6.45, 7) is 14.1. The quantitative estimate of drug-likeness (QED) is 0.174. The third-order valence-corrected chi connectivity index (χ3v) is 12.4. The Morgan fingerprint density at radius 2 is 1.23 bits per heavy atom. The molecule has 0 saturated heterocycles. The van der Waals surface area contributed by atoms with Gasteiger partial charge in [-0.25, -0.2) is 0 Å². The Hall–Kier alpha value is -5.48. The van der Waals surface area contributed by atoms with E-state index in [9.17, 15) is 0 Å². The van der Waals surface area contributed by atoms with Gasteiger partial charge in [-0.1, -0.05) is 100 Å². The number of furan rings is 1. The van der Waals surface area contributed by atoms with Crippen LogP contribution in [0.1, 0.15) is 62.8 Å². The Morgan fingerprint density at radius 3 is 2.00 bits per heavy atom. The highest BCUT2D eigenvalue weighted by Gasteiger charge is 2.47. The summed E-state index contributed by atoms with van der Waals surface area (Å²) >= 11 is 0. The van der Waals surface area contributed by atoms with Crippen LogP contribution >= 0.6 is 0 Å². The van der Waals surface area contributed by atoms with Gasteiger partial charge in [0.05, 0.1) is 11.3 Å². The molecule has 1 aromatic heterocycles. The molecule has 6 aromatic carbocycles. The minimum absolute atomic E-state index is 0.0696. The molecular weight excluding hydrogens is 631 g/mol. The molecular formula is C48H43BN2O. The van der Waals surface area contributed by atoms with Crippen molar-refractivity contribution in [3.63, 3.8) is 0 Å². The van der Waals surface area contributed by atoms with Crippen LogP contribution in [0.2, 0.25) is 0 Å². The molecule has 0 radical (unpaired) electrons. The second-order valence-corrected chi connectivity index (χ2v) is 16.5. The molecule has 2 aliphatic heterocycles. The summed E-state index contributed by atoms with van der Waals surface area (Å²) in [6.07, 6.45) is 2.35. The largest absolute Gasteiger partial charge is 0.468 e. The molecule has 7 aromatic rings. The zero-order valence-electron chi connectivity index (χ0n) is 30.9. The molecule has 0 fully saturated rings. The Labute approximate surface area is 307 Å². The second kappa shape index (κ2) is 11.0. The number of nitrogens with zero attached hydrogens (tertiary/aromatic N) is 2. The van der Waals surface area contributed by atoms with Crippen LogP contribution in [0.3, 0.4) is 0 Å². The number of benzene rings is 6. The highest BCUT2D eigenvalue weighted by atomic mass is 16.3. The fourth-order valence-electron chi connectivity index (χ4n) is 9.63. The van der Waals surface area contributed by atoms with Gasteiger partial charge in [-0.3, -0.25) is 0 Å². The first-order valence-electron chi connectivity index (χ1n) is 18.8. The van der Waals surface area contributed by atoms with Gasteiger partial charge >= 0.3 is 0 Å². The number of para-hydroxylation sites is 3. The van der Waals surface area contributed by atoms with Gasteiger partial charge in [0.2, 0.25) is 0 Å². The summed E-state index contributed by atoms with van der Waals surface area (Å²) in [5, 5.41) is 1.14. The topological polar surface area (TPSA) is 19.6 Å². The highest BCUT2D eigenvalue weighted by molar-refractivity contribution is 7.00. The predicted octanol–water partition coefficient (Wildman–Crippen LogP) is 11.1. The minimum atomic E-state index is -0.0696. The van der Waals surface area contributed by atoms with E-state index in [1.807, 2.05) is 0 Å². The smallest absolute Gasteiger partial charge is 0.297 e. The van der Waals surface area contributed by atoms with E-state index in [4.69, 9.17) is 4.42 Å². The molecule has 3 aliphatic rings. The maximum atomic E-state index is 7.07.